The van der Waals surface area contributed by atoms with Crippen molar-refractivity contribution in [3.8, 4) is 5.75 Å². The zero-order chi connectivity index (χ0) is 13.4. The number of nitrogens with one attached hydrogen (secondary N) is 1. The monoisotopic (exact) mass is 260 g/mol. The molecule has 2 heterocycles. The molecule has 0 aliphatic carbocycles. The highest BCUT2D eigenvalue weighted by atomic mass is 16.5. The fraction of sp³-hybridized carbons (Fsp3) is 0.429. The molecule has 1 fully saturated rings. The average molecular weight is 260 g/mol. The predicted octanol–water partition coefficient (Wildman–Crippen LogP) is 1.04. The van der Waals surface area contributed by atoms with Crippen molar-refractivity contribution in [1.82, 2.24) is 10.2 Å². The van der Waals surface area contributed by atoms with E-state index in [4.69, 9.17) is 4.74 Å². The van der Waals surface area contributed by atoms with Gasteiger partial charge in [0.2, 0.25) is 0 Å². The maximum Gasteiger partial charge on any atom is 0.261 e. The van der Waals surface area contributed by atoms with Gasteiger partial charge in [0.25, 0.3) is 11.8 Å². The minimum Gasteiger partial charge on any atom is -0.497 e. The normalized spacial score (nSPS) is 21.9. The fourth-order valence-electron chi connectivity index (χ4n) is 2.70. The molecule has 1 aromatic carbocycles. The third-order valence-electron chi connectivity index (χ3n) is 3.74. The van der Waals surface area contributed by atoms with Crippen LogP contribution in [-0.4, -0.2) is 43.0 Å². The maximum absolute atomic E-state index is 12.3. The minimum atomic E-state index is -0.215. The lowest BCUT2D eigenvalue weighted by molar-refractivity contribution is 0.0641. The fourth-order valence-corrected chi connectivity index (χ4v) is 2.70. The van der Waals surface area contributed by atoms with Gasteiger partial charge in [-0.1, -0.05) is 0 Å². The number of amides is 2. The topological polar surface area (TPSA) is 58.6 Å². The first-order chi connectivity index (χ1) is 9.20. The van der Waals surface area contributed by atoms with Gasteiger partial charge < -0.3 is 10.1 Å². The highest BCUT2D eigenvalue weighted by Crippen LogP contribution is 2.27. The van der Waals surface area contributed by atoms with Crippen molar-refractivity contribution in [2.75, 3.05) is 20.2 Å². The number of carbonyl (C=O) groups is 2. The van der Waals surface area contributed by atoms with Crippen molar-refractivity contribution in [2.45, 2.75) is 18.9 Å². The molecule has 1 atom stereocenters. The Labute approximate surface area is 111 Å². The number of hydrogen-bond donors (Lipinski definition) is 1. The van der Waals surface area contributed by atoms with Crippen LogP contribution in [-0.2, 0) is 0 Å². The van der Waals surface area contributed by atoms with E-state index in [9.17, 15) is 9.59 Å². The lowest BCUT2D eigenvalue weighted by Gasteiger charge is -2.18. The van der Waals surface area contributed by atoms with Crippen LogP contribution in [0.1, 0.15) is 33.6 Å². The van der Waals surface area contributed by atoms with E-state index in [2.05, 4.69) is 5.32 Å². The summed E-state index contributed by atoms with van der Waals surface area (Å²) in [5.41, 5.74) is 0.922. The van der Waals surface area contributed by atoms with E-state index >= 15 is 0 Å². The molecule has 5 heteroatoms. The number of rotatable bonds is 3. The Kier molecular flexibility index (Phi) is 2.98. The molecular weight excluding hydrogens is 244 g/mol. The molecule has 0 radical (unpaired) electrons. The molecule has 100 valence electrons. The van der Waals surface area contributed by atoms with E-state index in [1.807, 2.05) is 0 Å². The molecule has 19 heavy (non-hydrogen) atoms. The SMILES string of the molecule is COc1ccc2c(c1)C(=O)N(CC1CCCN1)C2=O. The lowest BCUT2D eigenvalue weighted by Crippen LogP contribution is -2.40. The Bertz CT molecular complexity index is 535. The summed E-state index contributed by atoms with van der Waals surface area (Å²) >= 11 is 0. The molecule has 0 aromatic heterocycles. The summed E-state index contributed by atoms with van der Waals surface area (Å²) in [5, 5.41) is 3.30. The summed E-state index contributed by atoms with van der Waals surface area (Å²) < 4.78 is 5.10. The van der Waals surface area contributed by atoms with E-state index in [1.165, 1.54) is 4.90 Å². The number of carbonyl (C=O) groups excluding carboxylic acids is 2. The molecule has 3 rings (SSSR count). The molecule has 5 nitrogen and oxygen atoms in total. The third-order valence-corrected chi connectivity index (χ3v) is 3.74. The standard InChI is InChI=1S/C14H16N2O3/c1-19-10-4-5-11-12(7-10)14(18)16(13(11)17)8-9-3-2-6-15-9/h4-5,7,9,15H,2-3,6,8H2,1H3. The highest BCUT2D eigenvalue weighted by molar-refractivity contribution is 6.21. The number of fused-ring (bicyclic) bond motifs is 1. The number of methoxy groups -OCH3 is 1. The van der Waals surface area contributed by atoms with Crippen LogP contribution in [0.3, 0.4) is 0 Å². The molecule has 0 spiro atoms. The first-order valence-corrected chi connectivity index (χ1v) is 6.48. The van der Waals surface area contributed by atoms with Crippen molar-refractivity contribution in [2.24, 2.45) is 0 Å². The zero-order valence-corrected chi connectivity index (χ0v) is 10.8. The summed E-state index contributed by atoms with van der Waals surface area (Å²) in [7, 11) is 1.54. The second kappa shape index (κ2) is 4.66. The van der Waals surface area contributed by atoms with E-state index in [0.29, 0.717) is 23.4 Å². The molecule has 0 saturated carbocycles. The van der Waals surface area contributed by atoms with Crippen molar-refractivity contribution >= 4 is 11.8 Å². The van der Waals surface area contributed by atoms with Gasteiger partial charge in [0.15, 0.2) is 0 Å². The molecule has 1 N–H and O–H groups in total. The second-order valence-corrected chi connectivity index (χ2v) is 4.93. The number of hydrogen-bond acceptors (Lipinski definition) is 4. The predicted molar refractivity (Wildman–Crippen MR) is 69.4 cm³/mol. The summed E-state index contributed by atoms with van der Waals surface area (Å²) in [5.74, 6) is 0.185. The quantitative estimate of drug-likeness (QED) is 0.825. The van der Waals surface area contributed by atoms with Crippen LogP contribution in [0.2, 0.25) is 0 Å². The van der Waals surface area contributed by atoms with E-state index in [-0.39, 0.29) is 17.9 Å². The van der Waals surface area contributed by atoms with E-state index in [0.717, 1.165) is 19.4 Å². The Morgan fingerprint density at radius 2 is 2.11 bits per heavy atom. The second-order valence-electron chi connectivity index (χ2n) is 4.93. The highest BCUT2D eigenvalue weighted by Gasteiger charge is 2.37. The largest absolute Gasteiger partial charge is 0.497 e. The van der Waals surface area contributed by atoms with Crippen molar-refractivity contribution in [3.63, 3.8) is 0 Å². The first kappa shape index (κ1) is 12.2. The molecule has 1 saturated heterocycles. The Hall–Kier alpha value is -1.88. The van der Waals surface area contributed by atoms with Gasteiger partial charge in [-0.25, -0.2) is 0 Å². The number of nitrogens with zero attached hydrogens (tertiary/aromatic N) is 1. The van der Waals surface area contributed by atoms with Gasteiger partial charge in [0, 0.05) is 12.6 Å². The van der Waals surface area contributed by atoms with Gasteiger partial charge in [-0.3, -0.25) is 14.5 Å². The Balaban J connectivity index is 1.86. The van der Waals surface area contributed by atoms with Gasteiger partial charge in [0.05, 0.1) is 18.2 Å². The van der Waals surface area contributed by atoms with E-state index < -0.39 is 0 Å². The molecule has 2 amide bonds. The van der Waals surface area contributed by atoms with Gasteiger partial charge >= 0.3 is 0 Å². The Morgan fingerprint density at radius 3 is 2.79 bits per heavy atom. The summed E-state index contributed by atoms with van der Waals surface area (Å²) in [6.45, 7) is 1.41. The van der Waals surface area contributed by atoms with Crippen LogP contribution in [0.5, 0.6) is 5.75 Å². The van der Waals surface area contributed by atoms with Crippen LogP contribution in [0, 0.1) is 0 Å². The lowest BCUT2D eigenvalue weighted by atomic mass is 10.1. The van der Waals surface area contributed by atoms with Gasteiger partial charge in [-0.05, 0) is 37.6 Å². The molecule has 0 bridgehead atoms. The smallest absolute Gasteiger partial charge is 0.261 e. The van der Waals surface area contributed by atoms with Crippen molar-refractivity contribution in [1.29, 1.82) is 0 Å². The molecule has 2 aliphatic rings. The molecule has 1 aromatic rings. The van der Waals surface area contributed by atoms with Crippen LogP contribution in [0.25, 0.3) is 0 Å². The minimum absolute atomic E-state index is 0.198. The van der Waals surface area contributed by atoms with E-state index in [1.54, 1.807) is 25.3 Å². The summed E-state index contributed by atoms with van der Waals surface area (Å²) in [6, 6.07) is 5.24. The van der Waals surface area contributed by atoms with Crippen LogP contribution < -0.4 is 10.1 Å². The van der Waals surface area contributed by atoms with Gasteiger partial charge in [-0.2, -0.15) is 0 Å². The summed E-state index contributed by atoms with van der Waals surface area (Å²) in [6.07, 6.45) is 2.11. The molecule has 2 aliphatic heterocycles. The van der Waals surface area contributed by atoms with Gasteiger partial charge in [-0.15, -0.1) is 0 Å². The molecular formula is C14H16N2O3. The Morgan fingerprint density at radius 1 is 1.32 bits per heavy atom. The van der Waals surface area contributed by atoms with Crippen molar-refractivity contribution in [3.05, 3.63) is 29.3 Å². The van der Waals surface area contributed by atoms with Gasteiger partial charge in [0.1, 0.15) is 5.75 Å². The molecule has 1 unspecified atom stereocenters. The number of benzene rings is 1. The third kappa shape index (κ3) is 2.00. The van der Waals surface area contributed by atoms with Crippen LogP contribution >= 0.6 is 0 Å². The maximum atomic E-state index is 12.3. The van der Waals surface area contributed by atoms with Crippen molar-refractivity contribution < 1.29 is 14.3 Å². The number of imide groups is 1. The first-order valence-electron chi connectivity index (χ1n) is 6.48. The average Bonchev–Trinajstić information content (AvgIpc) is 3.02. The van der Waals surface area contributed by atoms with Crippen LogP contribution in [0.4, 0.5) is 0 Å². The number of ether oxygens (including phenoxy) is 1. The van der Waals surface area contributed by atoms with Crippen LogP contribution in [0.15, 0.2) is 18.2 Å². The summed E-state index contributed by atoms with van der Waals surface area (Å²) in [4.78, 5) is 25.9. The zero-order valence-electron chi connectivity index (χ0n) is 10.8.